The van der Waals surface area contributed by atoms with E-state index in [-0.39, 0.29) is 18.1 Å². The number of carbonyl (C=O) groups is 1. The van der Waals surface area contributed by atoms with Gasteiger partial charge in [-0.2, -0.15) is 0 Å². The highest BCUT2D eigenvalue weighted by Gasteiger charge is 2.28. The number of hydrogen-bond acceptors (Lipinski definition) is 5. The van der Waals surface area contributed by atoms with Crippen LogP contribution in [0.5, 0.6) is 11.5 Å². The van der Waals surface area contributed by atoms with E-state index in [0.29, 0.717) is 19.8 Å². The fourth-order valence-electron chi connectivity index (χ4n) is 2.37. The quantitative estimate of drug-likeness (QED) is 0.836. The van der Waals surface area contributed by atoms with Crippen molar-refractivity contribution in [3.63, 3.8) is 0 Å². The molecule has 3 rings (SSSR count). The minimum Gasteiger partial charge on any atom is -0.486 e. The molecule has 0 radical (unpaired) electrons. The van der Waals surface area contributed by atoms with E-state index in [0.717, 1.165) is 23.5 Å². The van der Waals surface area contributed by atoms with Gasteiger partial charge in [0.1, 0.15) is 19.3 Å². The first-order valence-electron chi connectivity index (χ1n) is 6.56. The summed E-state index contributed by atoms with van der Waals surface area (Å²) in [5.41, 5.74) is 1.07. The first-order chi connectivity index (χ1) is 9.24. The van der Waals surface area contributed by atoms with Gasteiger partial charge in [-0.3, -0.25) is 10.1 Å². The van der Waals surface area contributed by atoms with Crippen molar-refractivity contribution in [2.75, 3.05) is 19.8 Å². The van der Waals surface area contributed by atoms with Crippen LogP contribution in [-0.2, 0) is 9.53 Å². The SMILES string of the molecule is CC(NC1CCOC1=O)c1ccc2c(c1)OCCO2. The number of cyclic esters (lactones) is 1. The number of nitrogens with one attached hydrogen (secondary N) is 1. The minimum atomic E-state index is -0.205. The molecule has 1 aromatic rings. The Balaban J connectivity index is 1.72. The lowest BCUT2D eigenvalue weighted by atomic mass is 10.1. The third kappa shape index (κ3) is 2.51. The molecule has 1 N–H and O–H groups in total. The molecule has 1 aromatic carbocycles. The van der Waals surface area contributed by atoms with Gasteiger partial charge in [-0.1, -0.05) is 6.07 Å². The van der Waals surface area contributed by atoms with E-state index >= 15 is 0 Å². The van der Waals surface area contributed by atoms with Crippen LogP contribution in [0.4, 0.5) is 0 Å². The van der Waals surface area contributed by atoms with Gasteiger partial charge < -0.3 is 14.2 Å². The summed E-state index contributed by atoms with van der Waals surface area (Å²) >= 11 is 0. The third-order valence-electron chi connectivity index (χ3n) is 3.45. The standard InChI is InChI=1S/C14H17NO4/c1-9(15-11-4-5-19-14(11)16)10-2-3-12-13(8-10)18-7-6-17-12/h2-3,8-9,11,15H,4-7H2,1H3. The van der Waals surface area contributed by atoms with Gasteiger partial charge in [-0.05, 0) is 24.6 Å². The molecule has 0 bridgehead atoms. The van der Waals surface area contributed by atoms with Crippen molar-refractivity contribution in [2.45, 2.75) is 25.4 Å². The van der Waals surface area contributed by atoms with E-state index < -0.39 is 0 Å². The Hall–Kier alpha value is -1.75. The van der Waals surface area contributed by atoms with E-state index in [2.05, 4.69) is 5.32 Å². The zero-order valence-electron chi connectivity index (χ0n) is 10.8. The summed E-state index contributed by atoms with van der Waals surface area (Å²) < 4.78 is 16.0. The van der Waals surface area contributed by atoms with Crippen LogP contribution < -0.4 is 14.8 Å². The van der Waals surface area contributed by atoms with E-state index in [1.807, 2.05) is 25.1 Å². The Morgan fingerprint density at radius 2 is 1.95 bits per heavy atom. The monoisotopic (exact) mass is 263 g/mol. The normalized spacial score (nSPS) is 23.0. The molecule has 102 valence electrons. The predicted octanol–water partition coefficient (Wildman–Crippen LogP) is 1.42. The van der Waals surface area contributed by atoms with Gasteiger partial charge in [0.05, 0.1) is 6.61 Å². The van der Waals surface area contributed by atoms with Crippen molar-refractivity contribution in [1.29, 1.82) is 0 Å². The van der Waals surface area contributed by atoms with Gasteiger partial charge in [0.25, 0.3) is 0 Å². The van der Waals surface area contributed by atoms with Crippen LogP contribution in [0.1, 0.15) is 24.9 Å². The number of benzene rings is 1. The van der Waals surface area contributed by atoms with Crippen molar-refractivity contribution >= 4 is 5.97 Å². The molecule has 5 nitrogen and oxygen atoms in total. The molecule has 0 saturated carbocycles. The molecule has 0 spiro atoms. The fraction of sp³-hybridized carbons (Fsp3) is 0.500. The van der Waals surface area contributed by atoms with E-state index in [9.17, 15) is 4.79 Å². The van der Waals surface area contributed by atoms with Crippen molar-refractivity contribution in [1.82, 2.24) is 5.32 Å². The molecular formula is C14H17NO4. The summed E-state index contributed by atoms with van der Waals surface area (Å²) in [5.74, 6) is 1.39. The van der Waals surface area contributed by atoms with E-state index in [1.165, 1.54) is 0 Å². The molecular weight excluding hydrogens is 246 g/mol. The van der Waals surface area contributed by atoms with Gasteiger partial charge in [0.2, 0.25) is 0 Å². The molecule has 1 saturated heterocycles. The largest absolute Gasteiger partial charge is 0.486 e. The second kappa shape index (κ2) is 5.09. The van der Waals surface area contributed by atoms with Gasteiger partial charge in [0.15, 0.2) is 11.5 Å². The van der Waals surface area contributed by atoms with E-state index in [1.54, 1.807) is 0 Å². The molecule has 2 unspecified atom stereocenters. The van der Waals surface area contributed by atoms with Crippen LogP contribution in [0.3, 0.4) is 0 Å². The number of carbonyl (C=O) groups excluding carboxylic acids is 1. The molecule has 0 aromatic heterocycles. The Morgan fingerprint density at radius 1 is 1.16 bits per heavy atom. The van der Waals surface area contributed by atoms with Crippen LogP contribution in [-0.4, -0.2) is 31.8 Å². The van der Waals surface area contributed by atoms with Crippen molar-refractivity contribution in [3.05, 3.63) is 23.8 Å². The molecule has 2 aliphatic rings. The predicted molar refractivity (Wildman–Crippen MR) is 68.3 cm³/mol. The summed E-state index contributed by atoms with van der Waals surface area (Å²) in [4.78, 5) is 11.4. The maximum absolute atomic E-state index is 11.4. The Labute approximate surface area is 111 Å². The van der Waals surface area contributed by atoms with Gasteiger partial charge >= 0.3 is 5.97 Å². The first kappa shape index (κ1) is 12.3. The van der Waals surface area contributed by atoms with Gasteiger partial charge in [-0.15, -0.1) is 0 Å². The molecule has 0 amide bonds. The van der Waals surface area contributed by atoms with E-state index in [4.69, 9.17) is 14.2 Å². The second-order valence-electron chi connectivity index (χ2n) is 4.80. The fourth-order valence-corrected chi connectivity index (χ4v) is 2.37. The number of hydrogen-bond donors (Lipinski definition) is 1. The number of rotatable bonds is 3. The first-order valence-corrected chi connectivity index (χ1v) is 6.56. The zero-order valence-corrected chi connectivity index (χ0v) is 10.8. The average molecular weight is 263 g/mol. The molecule has 5 heteroatoms. The summed E-state index contributed by atoms with van der Waals surface area (Å²) in [5, 5.41) is 3.28. The molecule has 0 aliphatic carbocycles. The van der Waals surface area contributed by atoms with Gasteiger partial charge in [-0.25, -0.2) is 0 Å². The summed E-state index contributed by atoms with van der Waals surface area (Å²) in [6.07, 6.45) is 0.730. The third-order valence-corrected chi connectivity index (χ3v) is 3.45. The Bertz CT molecular complexity index is 488. The van der Waals surface area contributed by atoms with Crippen LogP contribution in [0.25, 0.3) is 0 Å². The number of ether oxygens (including phenoxy) is 3. The summed E-state index contributed by atoms with van der Waals surface area (Å²) in [6.45, 7) is 3.70. The highest BCUT2D eigenvalue weighted by Crippen LogP contribution is 2.32. The lowest BCUT2D eigenvalue weighted by Crippen LogP contribution is -2.35. The number of fused-ring (bicyclic) bond motifs is 1. The van der Waals surface area contributed by atoms with Crippen LogP contribution in [0.15, 0.2) is 18.2 Å². The molecule has 2 heterocycles. The molecule has 2 atom stereocenters. The van der Waals surface area contributed by atoms with Crippen LogP contribution in [0, 0.1) is 0 Å². The molecule has 1 fully saturated rings. The maximum atomic E-state index is 11.4. The van der Waals surface area contributed by atoms with Crippen molar-refractivity contribution in [3.8, 4) is 11.5 Å². The average Bonchev–Trinajstić information content (AvgIpc) is 2.84. The minimum absolute atomic E-state index is 0.0616. The lowest BCUT2D eigenvalue weighted by Gasteiger charge is -2.22. The van der Waals surface area contributed by atoms with Crippen LogP contribution in [0.2, 0.25) is 0 Å². The Kier molecular flexibility index (Phi) is 3.29. The Morgan fingerprint density at radius 3 is 2.68 bits per heavy atom. The van der Waals surface area contributed by atoms with Gasteiger partial charge in [0, 0.05) is 12.5 Å². The molecule has 2 aliphatic heterocycles. The number of esters is 1. The van der Waals surface area contributed by atoms with Crippen molar-refractivity contribution in [2.24, 2.45) is 0 Å². The second-order valence-corrected chi connectivity index (χ2v) is 4.80. The maximum Gasteiger partial charge on any atom is 0.323 e. The smallest absolute Gasteiger partial charge is 0.323 e. The lowest BCUT2D eigenvalue weighted by molar-refractivity contribution is -0.139. The summed E-state index contributed by atoms with van der Waals surface area (Å²) in [7, 11) is 0. The molecule has 19 heavy (non-hydrogen) atoms. The highest BCUT2D eigenvalue weighted by molar-refractivity contribution is 5.77. The highest BCUT2D eigenvalue weighted by atomic mass is 16.6. The van der Waals surface area contributed by atoms with Crippen molar-refractivity contribution < 1.29 is 19.0 Å². The summed E-state index contributed by atoms with van der Waals surface area (Å²) in [6, 6.07) is 5.72. The topological polar surface area (TPSA) is 56.8 Å². The zero-order chi connectivity index (χ0) is 13.2. The van der Waals surface area contributed by atoms with Crippen LogP contribution >= 0.6 is 0 Å².